The average molecular weight is 189 g/mol. The molecule has 0 aliphatic heterocycles. The average Bonchev–Trinajstić information content (AvgIpc) is 2.59. The fraction of sp³-hybridized carbons (Fsp3) is 0.455. The first-order chi connectivity index (χ1) is 6.72. The summed E-state index contributed by atoms with van der Waals surface area (Å²) >= 11 is 0. The van der Waals surface area contributed by atoms with E-state index in [0.29, 0.717) is 5.92 Å². The van der Waals surface area contributed by atoms with E-state index in [0.717, 1.165) is 17.9 Å². The highest BCUT2D eigenvalue weighted by Gasteiger charge is 2.08. The molecular weight excluding hydrogens is 174 g/mol. The standard InChI is InChI=1S/C11H15N3/c1-4-10-12-11-9(8(2)3)6-5-7-14(11)13-10/h5-8H,4H2,1-3H3. The molecule has 0 unspecified atom stereocenters. The molecule has 0 aliphatic carbocycles. The minimum atomic E-state index is 0.493. The SMILES string of the molecule is CCc1nc2c(C(C)C)cccn2n1. The molecule has 2 aromatic heterocycles. The lowest BCUT2D eigenvalue weighted by molar-refractivity contribution is 0.845. The summed E-state index contributed by atoms with van der Waals surface area (Å²) in [7, 11) is 0. The molecule has 0 aliphatic rings. The van der Waals surface area contributed by atoms with Gasteiger partial charge in [0.2, 0.25) is 0 Å². The summed E-state index contributed by atoms with van der Waals surface area (Å²) in [5.41, 5.74) is 2.26. The van der Waals surface area contributed by atoms with Gasteiger partial charge in [0.1, 0.15) is 0 Å². The Morgan fingerprint density at radius 3 is 2.86 bits per heavy atom. The van der Waals surface area contributed by atoms with Gasteiger partial charge >= 0.3 is 0 Å². The molecule has 14 heavy (non-hydrogen) atoms. The van der Waals surface area contributed by atoms with E-state index in [1.807, 2.05) is 16.8 Å². The molecule has 0 atom stereocenters. The number of hydrogen-bond acceptors (Lipinski definition) is 2. The largest absolute Gasteiger partial charge is 0.221 e. The molecule has 0 fully saturated rings. The van der Waals surface area contributed by atoms with Crippen LogP contribution >= 0.6 is 0 Å². The van der Waals surface area contributed by atoms with Crippen LogP contribution in [0.1, 0.15) is 38.1 Å². The van der Waals surface area contributed by atoms with Gasteiger partial charge in [0.25, 0.3) is 0 Å². The fourth-order valence-corrected chi connectivity index (χ4v) is 1.57. The fourth-order valence-electron chi connectivity index (χ4n) is 1.57. The molecule has 0 bridgehead atoms. The molecule has 2 rings (SSSR count). The van der Waals surface area contributed by atoms with Crippen LogP contribution < -0.4 is 0 Å². The Morgan fingerprint density at radius 1 is 1.43 bits per heavy atom. The van der Waals surface area contributed by atoms with E-state index in [4.69, 9.17) is 0 Å². The smallest absolute Gasteiger partial charge is 0.159 e. The normalized spacial score (nSPS) is 11.4. The van der Waals surface area contributed by atoms with E-state index >= 15 is 0 Å². The molecule has 0 saturated heterocycles. The van der Waals surface area contributed by atoms with E-state index in [9.17, 15) is 0 Å². The molecule has 0 saturated carbocycles. The van der Waals surface area contributed by atoms with Crippen LogP contribution in [-0.4, -0.2) is 14.6 Å². The predicted molar refractivity (Wildman–Crippen MR) is 56.5 cm³/mol. The maximum absolute atomic E-state index is 4.50. The van der Waals surface area contributed by atoms with Crippen LogP contribution in [0.25, 0.3) is 5.65 Å². The summed E-state index contributed by atoms with van der Waals surface area (Å²) in [6, 6.07) is 4.14. The van der Waals surface area contributed by atoms with Crippen molar-refractivity contribution in [2.45, 2.75) is 33.1 Å². The molecule has 2 aromatic rings. The van der Waals surface area contributed by atoms with Crippen molar-refractivity contribution >= 4 is 5.65 Å². The number of pyridine rings is 1. The molecule has 0 aromatic carbocycles. The minimum absolute atomic E-state index is 0.493. The maximum Gasteiger partial charge on any atom is 0.159 e. The van der Waals surface area contributed by atoms with Crippen LogP contribution in [0.2, 0.25) is 0 Å². The van der Waals surface area contributed by atoms with Crippen LogP contribution in [0, 0.1) is 0 Å². The van der Waals surface area contributed by atoms with Gasteiger partial charge < -0.3 is 0 Å². The Morgan fingerprint density at radius 2 is 2.21 bits per heavy atom. The minimum Gasteiger partial charge on any atom is -0.221 e. The van der Waals surface area contributed by atoms with E-state index < -0.39 is 0 Å². The summed E-state index contributed by atoms with van der Waals surface area (Å²) in [6.45, 7) is 6.43. The lowest BCUT2D eigenvalue weighted by atomic mass is 10.1. The van der Waals surface area contributed by atoms with Crippen molar-refractivity contribution in [3.8, 4) is 0 Å². The third-order valence-electron chi connectivity index (χ3n) is 2.37. The van der Waals surface area contributed by atoms with Crippen LogP contribution in [0.4, 0.5) is 0 Å². The van der Waals surface area contributed by atoms with Crippen molar-refractivity contribution in [2.24, 2.45) is 0 Å². The van der Waals surface area contributed by atoms with Crippen molar-refractivity contribution in [3.63, 3.8) is 0 Å². The zero-order valence-corrected chi connectivity index (χ0v) is 8.86. The lowest BCUT2D eigenvalue weighted by Gasteiger charge is -2.04. The second kappa shape index (κ2) is 3.40. The topological polar surface area (TPSA) is 30.2 Å². The zero-order valence-electron chi connectivity index (χ0n) is 8.86. The van der Waals surface area contributed by atoms with Gasteiger partial charge in [-0.05, 0) is 17.5 Å². The third kappa shape index (κ3) is 1.39. The van der Waals surface area contributed by atoms with Crippen molar-refractivity contribution in [1.29, 1.82) is 0 Å². The monoisotopic (exact) mass is 189 g/mol. The molecule has 3 heteroatoms. The second-order valence-corrected chi connectivity index (χ2v) is 3.77. The highest BCUT2D eigenvalue weighted by Crippen LogP contribution is 2.18. The molecule has 0 radical (unpaired) electrons. The van der Waals surface area contributed by atoms with Gasteiger partial charge in [-0.2, -0.15) is 5.10 Å². The molecule has 0 N–H and O–H groups in total. The number of hydrogen-bond donors (Lipinski definition) is 0. The Balaban J connectivity index is 2.66. The van der Waals surface area contributed by atoms with Gasteiger partial charge in [-0.25, -0.2) is 9.50 Å². The van der Waals surface area contributed by atoms with E-state index in [1.165, 1.54) is 5.56 Å². The van der Waals surface area contributed by atoms with Gasteiger partial charge in [-0.3, -0.25) is 0 Å². The van der Waals surface area contributed by atoms with E-state index in [-0.39, 0.29) is 0 Å². The van der Waals surface area contributed by atoms with Crippen molar-refractivity contribution < 1.29 is 0 Å². The van der Waals surface area contributed by atoms with Crippen LogP contribution in [0.15, 0.2) is 18.3 Å². The molecule has 74 valence electrons. The zero-order chi connectivity index (χ0) is 10.1. The van der Waals surface area contributed by atoms with Gasteiger partial charge in [-0.1, -0.05) is 26.8 Å². The van der Waals surface area contributed by atoms with Crippen LogP contribution in [0.5, 0.6) is 0 Å². The molecule has 0 spiro atoms. The summed E-state index contributed by atoms with van der Waals surface area (Å²) < 4.78 is 1.87. The summed E-state index contributed by atoms with van der Waals surface area (Å²) in [6.07, 6.45) is 2.84. The third-order valence-corrected chi connectivity index (χ3v) is 2.37. The number of aryl methyl sites for hydroxylation is 1. The predicted octanol–water partition coefficient (Wildman–Crippen LogP) is 2.42. The Labute approximate surface area is 83.8 Å². The van der Waals surface area contributed by atoms with Gasteiger partial charge in [-0.15, -0.1) is 0 Å². The number of fused-ring (bicyclic) bond motifs is 1. The molecule has 0 amide bonds. The van der Waals surface area contributed by atoms with E-state index in [2.05, 4.69) is 36.9 Å². The number of rotatable bonds is 2. The maximum atomic E-state index is 4.50. The van der Waals surface area contributed by atoms with Crippen molar-refractivity contribution in [2.75, 3.05) is 0 Å². The Kier molecular flexibility index (Phi) is 2.23. The van der Waals surface area contributed by atoms with Crippen molar-refractivity contribution in [1.82, 2.24) is 14.6 Å². The first-order valence-electron chi connectivity index (χ1n) is 5.06. The van der Waals surface area contributed by atoms with Gasteiger partial charge in [0.15, 0.2) is 11.5 Å². The molecule has 3 nitrogen and oxygen atoms in total. The highest BCUT2D eigenvalue weighted by molar-refractivity contribution is 5.48. The Bertz CT molecular complexity index is 443. The quantitative estimate of drug-likeness (QED) is 0.726. The highest BCUT2D eigenvalue weighted by atomic mass is 15.3. The van der Waals surface area contributed by atoms with Crippen molar-refractivity contribution in [3.05, 3.63) is 29.7 Å². The van der Waals surface area contributed by atoms with Crippen LogP contribution in [0.3, 0.4) is 0 Å². The Hall–Kier alpha value is -1.38. The summed E-state index contributed by atoms with van der Waals surface area (Å²) in [5, 5.41) is 4.38. The molecular formula is C11H15N3. The molecule has 2 heterocycles. The number of nitrogens with zero attached hydrogens (tertiary/aromatic N) is 3. The summed E-state index contributed by atoms with van der Waals surface area (Å²) in [4.78, 5) is 4.50. The number of aromatic nitrogens is 3. The van der Waals surface area contributed by atoms with E-state index in [1.54, 1.807) is 0 Å². The lowest BCUT2D eigenvalue weighted by Crippen LogP contribution is -1.94. The first-order valence-corrected chi connectivity index (χ1v) is 5.06. The summed E-state index contributed by atoms with van der Waals surface area (Å²) in [5.74, 6) is 1.41. The van der Waals surface area contributed by atoms with Crippen LogP contribution in [-0.2, 0) is 6.42 Å². The second-order valence-electron chi connectivity index (χ2n) is 3.77. The van der Waals surface area contributed by atoms with Gasteiger partial charge in [0.05, 0.1) is 0 Å². The van der Waals surface area contributed by atoms with Gasteiger partial charge in [0, 0.05) is 12.6 Å². The first kappa shape index (κ1) is 9.19.